The molecule has 1 saturated heterocycles. The number of rotatable bonds is 6. The molecule has 3 heteroatoms. The van der Waals surface area contributed by atoms with E-state index in [1.807, 2.05) is 11.8 Å². The van der Waals surface area contributed by atoms with Crippen LogP contribution in [0, 0.1) is 5.92 Å². The van der Waals surface area contributed by atoms with Crippen LogP contribution in [0.25, 0.3) is 0 Å². The van der Waals surface area contributed by atoms with Gasteiger partial charge >= 0.3 is 0 Å². The summed E-state index contributed by atoms with van der Waals surface area (Å²) in [6.45, 7) is 5.17. The van der Waals surface area contributed by atoms with Crippen LogP contribution in [0.3, 0.4) is 0 Å². The first-order valence-corrected chi connectivity index (χ1v) is 7.73. The number of piperidine rings is 1. The molecule has 0 aromatic rings. The van der Waals surface area contributed by atoms with Crippen LogP contribution in [-0.4, -0.2) is 49.1 Å². The fraction of sp³-hybridized carbons (Fsp3) is 1.00. The molecule has 1 saturated carbocycles. The molecule has 2 fully saturated rings. The van der Waals surface area contributed by atoms with E-state index >= 15 is 0 Å². The summed E-state index contributed by atoms with van der Waals surface area (Å²) in [6, 6.07) is 0.951. The Labute approximate surface area is 98.2 Å². The highest BCUT2D eigenvalue weighted by Crippen LogP contribution is 2.28. The van der Waals surface area contributed by atoms with Gasteiger partial charge in [0, 0.05) is 24.9 Å². The Morgan fingerprint density at radius 2 is 1.93 bits per heavy atom. The van der Waals surface area contributed by atoms with Crippen LogP contribution in [0.1, 0.15) is 25.7 Å². The Hall–Kier alpha value is 0.270. The topological polar surface area (TPSA) is 15.3 Å². The molecule has 0 unspecified atom stereocenters. The zero-order valence-corrected chi connectivity index (χ0v) is 10.7. The van der Waals surface area contributed by atoms with Crippen molar-refractivity contribution in [3.63, 3.8) is 0 Å². The maximum Gasteiger partial charge on any atom is 0.00968 e. The minimum Gasteiger partial charge on any atom is -0.317 e. The molecule has 0 atom stereocenters. The fourth-order valence-corrected chi connectivity index (χ4v) is 2.88. The third kappa shape index (κ3) is 3.97. The van der Waals surface area contributed by atoms with Crippen molar-refractivity contribution in [1.82, 2.24) is 10.2 Å². The third-order valence-corrected chi connectivity index (χ3v) is 4.19. The van der Waals surface area contributed by atoms with Crippen molar-refractivity contribution in [2.75, 3.05) is 38.2 Å². The van der Waals surface area contributed by atoms with Gasteiger partial charge in [-0.1, -0.05) is 0 Å². The van der Waals surface area contributed by atoms with E-state index in [9.17, 15) is 0 Å². The predicted octanol–water partition coefficient (Wildman–Crippen LogP) is 1.81. The monoisotopic (exact) mass is 228 g/mol. The lowest BCUT2D eigenvalue weighted by Gasteiger charge is -2.30. The van der Waals surface area contributed by atoms with Crippen molar-refractivity contribution in [2.45, 2.75) is 31.7 Å². The molecule has 0 radical (unpaired) electrons. The van der Waals surface area contributed by atoms with E-state index in [0.717, 1.165) is 12.0 Å². The maximum atomic E-state index is 3.45. The average molecular weight is 228 g/mol. The Balaban J connectivity index is 1.72. The molecular formula is C12H24N2S. The highest BCUT2D eigenvalue weighted by atomic mass is 32.2. The van der Waals surface area contributed by atoms with E-state index in [-0.39, 0.29) is 0 Å². The first-order valence-electron chi connectivity index (χ1n) is 6.34. The molecule has 2 aliphatic rings. The Kier molecular flexibility index (Phi) is 4.79. The molecule has 0 aromatic heterocycles. The number of thioether (sulfide) groups is 1. The van der Waals surface area contributed by atoms with E-state index < -0.39 is 0 Å². The second kappa shape index (κ2) is 6.12. The molecule has 0 spiro atoms. The van der Waals surface area contributed by atoms with Crippen molar-refractivity contribution >= 4 is 11.8 Å². The summed E-state index contributed by atoms with van der Waals surface area (Å²) >= 11 is 1.98. The minimum atomic E-state index is 0.951. The molecule has 0 aromatic carbocycles. The maximum absolute atomic E-state index is 3.45. The molecule has 0 amide bonds. The molecule has 1 aliphatic carbocycles. The number of hydrogen-bond donors (Lipinski definition) is 1. The summed E-state index contributed by atoms with van der Waals surface area (Å²) in [5.41, 5.74) is 0. The summed E-state index contributed by atoms with van der Waals surface area (Å²) in [5, 5.41) is 3.45. The zero-order chi connectivity index (χ0) is 10.5. The number of hydrogen-bond acceptors (Lipinski definition) is 3. The highest BCUT2D eigenvalue weighted by molar-refractivity contribution is 7.98. The normalized spacial score (nSPS) is 23.6. The molecule has 0 bridgehead atoms. The lowest BCUT2D eigenvalue weighted by Crippen LogP contribution is -2.38. The Morgan fingerprint density at radius 3 is 2.53 bits per heavy atom. The van der Waals surface area contributed by atoms with Gasteiger partial charge < -0.3 is 5.32 Å². The van der Waals surface area contributed by atoms with Gasteiger partial charge in [-0.15, -0.1) is 0 Å². The van der Waals surface area contributed by atoms with E-state index in [1.165, 1.54) is 57.6 Å². The van der Waals surface area contributed by atoms with Gasteiger partial charge in [0.2, 0.25) is 0 Å². The summed E-state index contributed by atoms with van der Waals surface area (Å²) in [5.74, 6) is 2.27. The SMILES string of the molecule is CSCCN(CC1CCNCC1)C1CC1. The van der Waals surface area contributed by atoms with Gasteiger partial charge in [0.15, 0.2) is 0 Å². The summed E-state index contributed by atoms with van der Waals surface area (Å²) in [6.07, 6.45) is 7.92. The third-order valence-electron chi connectivity index (χ3n) is 3.60. The van der Waals surface area contributed by atoms with Gasteiger partial charge in [0.1, 0.15) is 0 Å². The smallest absolute Gasteiger partial charge is 0.00968 e. The molecule has 1 aliphatic heterocycles. The van der Waals surface area contributed by atoms with E-state index in [2.05, 4.69) is 16.5 Å². The first kappa shape index (κ1) is 11.7. The van der Waals surface area contributed by atoms with Gasteiger partial charge in [-0.3, -0.25) is 4.90 Å². The van der Waals surface area contributed by atoms with E-state index in [1.54, 1.807) is 0 Å². The lowest BCUT2D eigenvalue weighted by molar-refractivity contribution is 0.207. The zero-order valence-electron chi connectivity index (χ0n) is 9.87. The molecule has 2 rings (SSSR count). The predicted molar refractivity (Wildman–Crippen MR) is 68.6 cm³/mol. The van der Waals surface area contributed by atoms with Crippen LogP contribution in [-0.2, 0) is 0 Å². The Morgan fingerprint density at radius 1 is 1.20 bits per heavy atom. The van der Waals surface area contributed by atoms with E-state index in [4.69, 9.17) is 0 Å². The molecule has 88 valence electrons. The summed E-state index contributed by atoms with van der Waals surface area (Å²) in [4.78, 5) is 2.76. The molecular weight excluding hydrogens is 204 g/mol. The average Bonchev–Trinajstić information content (AvgIpc) is 3.09. The largest absolute Gasteiger partial charge is 0.317 e. The van der Waals surface area contributed by atoms with Gasteiger partial charge in [0.25, 0.3) is 0 Å². The van der Waals surface area contributed by atoms with Gasteiger partial charge in [-0.25, -0.2) is 0 Å². The minimum absolute atomic E-state index is 0.951. The van der Waals surface area contributed by atoms with Crippen LogP contribution in [0.2, 0.25) is 0 Å². The molecule has 15 heavy (non-hydrogen) atoms. The van der Waals surface area contributed by atoms with Crippen LogP contribution in [0.4, 0.5) is 0 Å². The molecule has 2 nitrogen and oxygen atoms in total. The van der Waals surface area contributed by atoms with Crippen molar-refractivity contribution < 1.29 is 0 Å². The van der Waals surface area contributed by atoms with Crippen molar-refractivity contribution in [3.05, 3.63) is 0 Å². The summed E-state index contributed by atoms with van der Waals surface area (Å²) in [7, 11) is 0. The standard InChI is InChI=1S/C12H24N2S/c1-15-9-8-14(12-2-3-12)10-11-4-6-13-7-5-11/h11-13H,2-10H2,1H3. The van der Waals surface area contributed by atoms with Crippen molar-refractivity contribution in [1.29, 1.82) is 0 Å². The second-order valence-corrected chi connectivity index (χ2v) is 5.90. The molecule has 1 heterocycles. The van der Waals surface area contributed by atoms with Crippen molar-refractivity contribution in [3.8, 4) is 0 Å². The van der Waals surface area contributed by atoms with Gasteiger partial charge in [-0.2, -0.15) is 11.8 Å². The first-order chi connectivity index (χ1) is 7.40. The molecule has 1 N–H and O–H groups in total. The summed E-state index contributed by atoms with van der Waals surface area (Å²) < 4.78 is 0. The second-order valence-electron chi connectivity index (χ2n) is 4.91. The highest BCUT2D eigenvalue weighted by Gasteiger charge is 2.30. The van der Waals surface area contributed by atoms with E-state index in [0.29, 0.717) is 0 Å². The van der Waals surface area contributed by atoms with Crippen LogP contribution in [0.15, 0.2) is 0 Å². The lowest BCUT2D eigenvalue weighted by atomic mass is 9.97. The quantitative estimate of drug-likeness (QED) is 0.746. The number of nitrogens with zero attached hydrogens (tertiary/aromatic N) is 1. The number of nitrogens with one attached hydrogen (secondary N) is 1. The van der Waals surface area contributed by atoms with Crippen molar-refractivity contribution in [2.24, 2.45) is 5.92 Å². The van der Waals surface area contributed by atoms with Gasteiger partial charge in [-0.05, 0) is 50.9 Å². The van der Waals surface area contributed by atoms with Gasteiger partial charge in [0.05, 0.1) is 0 Å². The fourth-order valence-electron chi connectivity index (χ4n) is 2.47. The van der Waals surface area contributed by atoms with Crippen LogP contribution < -0.4 is 5.32 Å². The Bertz CT molecular complexity index is 176. The van der Waals surface area contributed by atoms with Crippen LogP contribution in [0.5, 0.6) is 0 Å². The van der Waals surface area contributed by atoms with Crippen LogP contribution >= 0.6 is 11.8 Å².